The lowest BCUT2D eigenvalue weighted by atomic mass is 10.0. The lowest BCUT2D eigenvalue weighted by Crippen LogP contribution is -2.38. The molecule has 6 nitrogen and oxygen atoms in total. The number of benzene rings is 1. The Bertz CT molecular complexity index is 728. The first-order valence-electron chi connectivity index (χ1n) is 8.46. The Kier molecular flexibility index (Phi) is 4.16. The number of ether oxygens (including phenoxy) is 3. The van der Waals surface area contributed by atoms with E-state index in [1.807, 2.05) is 19.3 Å². The first kappa shape index (κ1) is 15.5. The van der Waals surface area contributed by atoms with Crippen molar-refractivity contribution in [1.82, 2.24) is 14.5 Å². The first-order valence-corrected chi connectivity index (χ1v) is 8.46. The van der Waals surface area contributed by atoms with E-state index in [1.165, 1.54) is 17.0 Å². The van der Waals surface area contributed by atoms with E-state index < -0.39 is 0 Å². The second kappa shape index (κ2) is 6.45. The second-order valence-electron chi connectivity index (χ2n) is 6.27. The van der Waals surface area contributed by atoms with Gasteiger partial charge in [0.05, 0.1) is 30.4 Å². The molecule has 0 aliphatic carbocycles. The minimum absolute atomic E-state index is 0.228. The van der Waals surface area contributed by atoms with Crippen molar-refractivity contribution in [3.8, 4) is 11.5 Å². The van der Waals surface area contributed by atoms with Crippen LogP contribution in [0.25, 0.3) is 0 Å². The number of aromatic nitrogens is 2. The lowest BCUT2D eigenvalue weighted by molar-refractivity contribution is 0.0519. The smallest absolute Gasteiger partial charge is 0.231 e. The van der Waals surface area contributed by atoms with Crippen LogP contribution in [0, 0.1) is 0 Å². The summed E-state index contributed by atoms with van der Waals surface area (Å²) in [5, 5.41) is 0. The molecule has 128 valence electrons. The molecule has 0 radical (unpaired) electrons. The number of fused-ring (bicyclic) bond motifs is 2. The summed E-state index contributed by atoms with van der Waals surface area (Å²) >= 11 is 0. The Hall–Kier alpha value is -2.05. The molecule has 2 aromatic rings. The minimum atomic E-state index is 0.228. The van der Waals surface area contributed by atoms with Crippen molar-refractivity contribution < 1.29 is 14.2 Å². The molecule has 1 aromatic carbocycles. The SMILES string of the molecule is CCOCC1c2c(ncn2C)CCN1Cc1ccc2c(c1)OCO2. The molecule has 0 spiro atoms. The summed E-state index contributed by atoms with van der Waals surface area (Å²) in [7, 11) is 2.06. The highest BCUT2D eigenvalue weighted by Gasteiger charge is 2.31. The molecule has 1 aromatic heterocycles. The normalized spacial score (nSPS) is 19.5. The summed E-state index contributed by atoms with van der Waals surface area (Å²) < 4.78 is 18.8. The van der Waals surface area contributed by atoms with E-state index in [2.05, 4.69) is 33.6 Å². The van der Waals surface area contributed by atoms with Crippen LogP contribution >= 0.6 is 0 Å². The first-order chi connectivity index (χ1) is 11.8. The average Bonchev–Trinajstić information content (AvgIpc) is 3.20. The Morgan fingerprint density at radius 2 is 2.17 bits per heavy atom. The molecule has 1 unspecified atom stereocenters. The van der Waals surface area contributed by atoms with E-state index in [9.17, 15) is 0 Å². The van der Waals surface area contributed by atoms with Gasteiger partial charge in [0.1, 0.15) is 0 Å². The number of nitrogens with zero attached hydrogens (tertiary/aromatic N) is 3. The Morgan fingerprint density at radius 1 is 1.29 bits per heavy atom. The predicted molar refractivity (Wildman–Crippen MR) is 89.1 cm³/mol. The van der Waals surface area contributed by atoms with Gasteiger partial charge in [-0.2, -0.15) is 0 Å². The highest BCUT2D eigenvalue weighted by molar-refractivity contribution is 5.44. The Labute approximate surface area is 142 Å². The third-order valence-electron chi connectivity index (χ3n) is 4.76. The standard InChI is InChI=1S/C18H23N3O3/c1-3-22-10-15-18-14(19-11-20(18)2)6-7-21(15)9-13-4-5-16-17(8-13)24-12-23-16/h4-5,8,11,15H,3,6-7,9-10,12H2,1-2H3. The van der Waals surface area contributed by atoms with Crippen molar-refractivity contribution in [1.29, 1.82) is 0 Å². The zero-order chi connectivity index (χ0) is 16.5. The average molecular weight is 329 g/mol. The van der Waals surface area contributed by atoms with Gasteiger partial charge in [-0.15, -0.1) is 0 Å². The Balaban J connectivity index is 1.58. The van der Waals surface area contributed by atoms with Crippen LogP contribution in [-0.4, -0.2) is 41.0 Å². The highest BCUT2D eigenvalue weighted by Crippen LogP contribution is 2.35. The zero-order valence-electron chi connectivity index (χ0n) is 14.2. The van der Waals surface area contributed by atoms with Crippen LogP contribution in [0.3, 0.4) is 0 Å². The third-order valence-corrected chi connectivity index (χ3v) is 4.76. The molecule has 4 rings (SSSR count). The van der Waals surface area contributed by atoms with Crippen LogP contribution < -0.4 is 9.47 Å². The maximum absolute atomic E-state index is 5.77. The molecule has 2 aliphatic rings. The van der Waals surface area contributed by atoms with Crippen molar-refractivity contribution in [2.75, 3.05) is 26.6 Å². The van der Waals surface area contributed by atoms with E-state index in [-0.39, 0.29) is 6.04 Å². The quantitative estimate of drug-likeness (QED) is 0.842. The maximum atomic E-state index is 5.77. The number of hydrogen-bond acceptors (Lipinski definition) is 5. The van der Waals surface area contributed by atoms with Crippen LogP contribution in [0.15, 0.2) is 24.5 Å². The molecule has 6 heteroatoms. The summed E-state index contributed by atoms with van der Waals surface area (Å²) in [4.78, 5) is 7.02. The fraction of sp³-hybridized carbons (Fsp3) is 0.500. The fourth-order valence-electron chi connectivity index (χ4n) is 3.56. The predicted octanol–water partition coefficient (Wildman–Crippen LogP) is 2.28. The number of imidazole rings is 1. The van der Waals surface area contributed by atoms with Gasteiger partial charge in [0.15, 0.2) is 11.5 Å². The molecule has 24 heavy (non-hydrogen) atoms. The second-order valence-corrected chi connectivity index (χ2v) is 6.27. The minimum Gasteiger partial charge on any atom is -0.454 e. The van der Waals surface area contributed by atoms with E-state index in [0.29, 0.717) is 13.4 Å². The summed E-state index contributed by atoms with van der Waals surface area (Å²) in [6.45, 7) is 5.60. The van der Waals surface area contributed by atoms with E-state index in [4.69, 9.17) is 14.2 Å². The van der Waals surface area contributed by atoms with Gasteiger partial charge in [0.25, 0.3) is 0 Å². The largest absolute Gasteiger partial charge is 0.454 e. The number of rotatable bonds is 5. The van der Waals surface area contributed by atoms with Gasteiger partial charge in [-0.3, -0.25) is 4.90 Å². The molecule has 0 bridgehead atoms. The van der Waals surface area contributed by atoms with Gasteiger partial charge < -0.3 is 18.8 Å². The van der Waals surface area contributed by atoms with Crippen LogP contribution in [0.1, 0.15) is 29.9 Å². The monoisotopic (exact) mass is 329 g/mol. The van der Waals surface area contributed by atoms with Gasteiger partial charge in [-0.05, 0) is 24.6 Å². The van der Waals surface area contributed by atoms with Gasteiger partial charge in [0.2, 0.25) is 6.79 Å². The van der Waals surface area contributed by atoms with Crippen molar-refractivity contribution in [3.05, 3.63) is 41.5 Å². The summed E-state index contributed by atoms with van der Waals surface area (Å²) in [5.74, 6) is 1.67. The molecule has 0 N–H and O–H groups in total. The van der Waals surface area contributed by atoms with Crippen LogP contribution in [-0.2, 0) is 24.8 Å². The molecule has 0 amide bonds. The number of aryl methyl sites for hydroxylation is 1. The third kappa shape index (κ3) is 2.76. The Morgan fingerprint density at radius 3 is 3.04 bits per heavy atom. The molecule has 1 atom stereocenters. The van der Waals surface area contributed by atoms with Crippen molar-refractivity contribution in [2.24, 2.45) is 7.05 Å². The van der Waals surface area contributed by atoms with Gasteiger partial charge >= 0.3 is 0 Å². The summed E-state index contributed by atoms with van der Waals surface area (Å²) in [5.41, 5.74) is 3.70. The molecule has 0 saturated carbocycles. The van der Waals surface area contributed by atoms with Crippen molar-refractivity contribution in [3.63, 3.8) is 0 Å². The zero-order valence-corrected chi connectivity index (χ0v) is 14.2. The topological polar surface area (TPSA) is 48.8 Å². The van der Waals surface area contributed by atoms with E-state index in [1.54, 1.807) is 0 Å². The van der Waals surface area contributed by atoms with Crippen molar-refractivity contribution in [2.45, 2.75) is 25.9 Å². The molecular weight excluding hydrogens is 306 g/mol. The van der Waals surface area contributed by atoms with Crippen molar-refractivity contribution >= 4 is 0 Å². The van der Waals surface area contributed by atoms with Crippen LogP contribution in [0.4, 0.5) is 0 Å². The summed E-state index contributed by atoms with van der Waals surface area (Å²) in [6, 6.07) is 6.42. The van der Waals surface area contributed by atoms with E-state index in [0.717, 1.165) is 37.6 Å². The maximum Gasteiger partial charge on any atom is 0.231 e. The molecular formula is C18H23N3O3. The van der Waals surface area contributed by atoms with Crippen LogP contribution in [0.2, 0.25) is 0 Å². The fourth-order valence-corrected chi connectivity index (χ4v) is 3.56. The summed E-state index contributed by atoms with van der Waals surface area (Å²) in [6.07, 6.45) is 2.89. The lowest BCUT2D eigenvalue weighted by Gasteiger charge is -2.35. The van der Waals surface area contributed by atoms with Gasteiger partial charge in [0, 0.05) is 33.2 Å². The highest BCUT2D eigenvalue weighted by atomic mass is 16.7. The van der Waals surface area contributed by atoms with Gasteiger partial charge in [-0.25, -0.2) is 4.98 Å². The molecule has 3 heterocycles. The van der Waals surface area contributed by atoms with Gasteiger partial charge in [-0.1, -0.05) is 6.07 Å². The van der Waals surface area contributed by atoms with E-state index >= 15 is 0 Å². The number of hydrogen-bond donors (Lipinski definition) is 0. The van der Waals surface area contributed by atoms with Crippen LogP contribution in [0.5, 0.6) is 11.5 Å². The molecule has 2 aliphatic heterocycles. The molecule has 0 fully saturated rings. The molecule has 0 saturated heterocycles.